The van der Waals surface area contributed by atoms with Crippen LogP contribution in [0.25, 0.3) is 0 Å². The van der Waals surface area contributed by atoms with Gasteiger partial charge in [0.1, 0.15) is 11.4 Å². The van der Waals surface area contributed by atoms with Crippen molar-refractivity contribution in [1.29, 1.82) is 0 Å². The molecule has 0 unspecified atom stereocenters. The maximum atomic E-state index is 12.4. The minimum atomic E-state index is -0.296. The largest absolute Gasteiger partial charge is 0.491 e. The number of hydrogen-bond acceptors (Lipinski definition) is 4. The molecule has 2 aromatic rings. The number of nitrogens with one attached hydrogen (secondary N) is 2. The number of unbranched alkanes of at least 4 members (excludes halogenated alkanes) is 2. The summed E-state index contributed by atoms with van der Waals surface area (Å²) in [5, 5.41) is 5.64. The highest BCUT2D eigenvalue weighted by Crippen LogP contribution is 2.17. The summed E-state index contributed by atoms with van der Waals surface area (Å²) in [7, 11) is 0. The van der Waals surface area contributed by atoms with E-state index in [4.69, 9.17) is 4.74 Å². The molecule has 0 radical (unpaired) electrons. The third-order valence-corrected chi connectivity index (χ3v) is 3.80. The number of rotatable bonds is 9. The van der Waals surface area contributed by atoms with Gasteiger partial charge in [-0.3, -0.25) is 14.6 Å². The van der Waals surface area contributed by atoms with Crippen LogP contribution in [-0.4, -0.2) is 29.4 Å². The highest BCUT2D eigenvalue weighted by molar-refractivity contribution is 6.05. The van der Waals surface area contributed by atoms with Crippen LogP contribution in [0.15, 0.2) is 42.6 Å². The standard InChI is InChI=1S/C21H27N3O3/c1-4-5-6-12-23-21(26)19-14-16(11-13-22-19)20(25)24-17-7-9-18(10-8-17)27-15(2)3/h7-11,13-15H,4-6,12H2,1-3H3,(H,23,26)(H,24,25). The van der Waals surface area contributed by atoms with Gasteiger partial charge >= 0.3 is 0 Å². The SMILES string of the molecule is CCCCCNC(=O)c1cc(C(=O)Nc2ccc(OC(C)C)cc2)ccn1. The van der Waals surface area contributed by atoms with Crippen molar-refractivity contribution in [1.82, 2.24) is 10.3 Å². The van der Waals surface area contributed by atoms with E-state index in [0.29, 0.717) is 17.8 Å². The predicted molar refractivity (Wildman–Crippen MR) is 106 cm³/mol. The number of carbonyl (C=O) groups is 2. The second kappa shape index (κ2) is 10.3. The molecule has 144 valence electrons. The van der Waals surface area contributed by atoms with E-state index >= 15 is 0 Å². The average molecular weight is 369 g/mol. The first kappa shape index (κ1) is 20.4. The highest BCUT2D eigenvalue weighted by Gasteiger charge is 2.12. The monoisotopic (exact) mass is 369 g/mol. The van der Waals surface area contributed by atoms with Gasteiger partial charge in [-0.1, -0.05) is 19.8 Å². The van der Waals surface area contributed by atoms with Crippen molar-refractivity contribution >= 4 is 17.5 Å². The molecule has 1 heterocycles. The van der Waals surface area contributed by atoms with Crippen LogP contribution in [0, 0.1) is 0 Å². The van der Waals surface area contributed by atoms with Crippen molar-refractivity contribution < 1.29 is 14.3 Å². The second-order valence-electron chi connectivity index (χ2n) is 6.54. The molecule has 6 nitrogen and oxygen atoms in total. The molecule has 6 heteroatoms. The van der Waals surface area contributed by atoms with Crippen LogP contribution in [0.4, 0.5) is 5.69 Å². The fourth-order valence-electron chi connectivity index (χ4n) is 2.46. The molecule has 0 bridgehead atoms. The number of pyridine rings is 1. The van der Waals surface area contributed by atoms with E-state index in [1.54, 1.807) is 30.3 Å². The molecule has 0 aliphatic rings. The van der Waals surface area contributed by atoms with Gasteiger partial charge in [-0.25, -0.2) is 0 Å². The molecule has 27 heavy (non-hydrogen) atoms. The van der Waals surface area contributed by atoms with Crippen molar-refractivity contribution in [2.45, 2.75) is 46.1 Å². The minimum absolute atomic E-state index is 0.0915. The number of aromatic nitrogens is 1. The fraction of sp³-hybridized carbons (Fsp3) is 0.381. The molecule has 0 atom stereocenters. The van der Waals surface area contributed by atoms with Crippen LogP contribution in [0.5, 0.6) is 5.75 Å². The maximum absolute atomic E-state index is 12.4. The summed E-state index contributed by atoms with van der Waals surface area (Å²) >= 11 is 0. The van der Waals surface area contributed by atoms with Gasteiger partial charge in [0, 0.05) is 24.0 Å². The van der Waals surface area contributed by atoms with Crippen LogP contribution >= 0.6 is 0 Å². The summed E-state index contributed by atoms with van der Waals surface area (Å²) in [6.45, 7) is 6.62. The van der Waals surface area contributed by atoms with E-state index in [9.17, 15) is 9.59 Å². The van der Waals surface area contributed by atoms with Crippen LogP contribution in [0.3, 0.4) is 0 Å². The molecule has 2 amide bonds. The van der Waals surface area contributed by atoms with Crippen molar-refractivity contribution in [2.24, 2.45) is 0 Å². The van der Waals surface area contributed by atoms with E-state index in [0.717, 1.165) is 25.0 Å². The Labute approximate surface area is 160 Å². The number of ether oxygens (including phenoxy) is 1. The first-order chi connectivity index (χ1) is 13.0. The van der Waals surface area contributed by atoms with Gasteiger partial charge in [-0.15, -0.1) is 0 Å². The summed E-state index contributed by atoms with van der Waals surface area (Å²) in [6.07, 6.45) is 4.65. The van der Waals surface area contributed by atoms with Gasteiger partial charge in [-0.2, -0.15) is 0 Å². The molecule has 0 aliphatic heterocycles. The molecular formula is C21H27N3O3. The van der Waals surface area contributed by atoms with E-state index in [2.05, 4.69) is 22.5 Å². The number of hydrogen-bond donors (Lipinski definition) is 2. The molecule has 1 aromatic heterocycles. The lowest BCUT2D eigenvalue weighted by molar-refractivity contribution is 0.0948. The third kappa shape index (κ3) is 6.73. The summed E-state index contributed by atoms with van der Waals surface area (Å²) in [4.78, 5) is 28.7. The van der Waals surface area contributed by atoms with Gasteiger partial charge < -0.3 is 15.4 Å². The molecular weight excluding hydrogens is 342 g/mol. The second-order valence-corrected chi connectivity index (χ2v) is 6.54. The minimum Gasteiger partial charge on any atom is -0.491 e. The van der Waals surface area contributed by atoms with Gasteiger partial charge in [0.05, 0.1) is 6.10 Å². The Morgan fingerprint density at radius 2 is 1.81 bits per heavy atom. The number of nitrogens with zero attached hydrogens (tertiary/aromatic N) is 1. The molecule has 2 rings (SSSR count). The maximum Gasteiger partial charge on any atom is 0.269 e. The lowest BCUT2D eigenvalue weighted by Crippen LogP contribution is -2.25. The number of anilines is 1. The fourth-order valence-corrected chi connectivity index (χ4v) is 2.46. The van der Waals surface area contributed by atoms with Crippen molar-refractivity contribution in [2.75, 3.05) is 11.9 Å². The van der Waals surface area contributed by atoms with Crippen LogP contribution in [-0.2, 0) is 0 Å². The van der Waals surface area contributed by atoms with Crippen LogP contribution in [0.1, 0.15) is 60.9 Å². The summed E-state index contributed by atoms with van der Waals surface area (Å²) in [5.74, 6) is 0.180. The van der Waals surface area contributed by atoms with Gasteiger partial charge in [-0.05, 0) is 56.7 Å². The zero-order valence-corrected chi connectivity index (χ0v) is 16.1. The number of amides is 2. The Morgan fingerprint density at radius 3 is 2.48 bits per heavy atom. The lowest BCUT2D eigenvalue weighted by Gasteiger charge is -2.11. The highest BCUT2D eigenvalue weighted by atomic mass is 16.5. The van der Waals surface area contributed by atoms with Gasteiger partial charge in [0.15, 0.2) is 0 Å². The zero-order valence-electron chi connectivity index (χ0n) is 16.1. The molecule has 1 aromatic carbocycles. The smallest absolute Gasteiger partial charge is 0.269 e. The Kier molecular flexibility index (Phi) is 7.79. The van der Waals surface area contributed by atoms with Crippen molar-refractivity contribution in [3.05, 3.63) is 53.9 Å². The number of benzene rings is 1. The Morgan fingerprint density at radius 1 is 1.07 bits per heavy atom. The topological polar surface area (TPSA) is 80.3 Å². The average Bonchev–Trinajstić information content (AvgIpc) is 2.66. The molecule has 2 N–H and O–H groups in total. The molecule has 0 aliphatic carbocycles. The van der Waals surface area contributed by atoms with E-state index < -0.39 is 0 Å². The van der Waals surface area contributed by atoms with Crippen molar-refractivity contribution in [3.63, 3.8) is 0 Å². The summed E-state index contributed by atoms with van der Waals surface area (Å²) < 4.78 is 5.58. The Balaban J connectivity index is 1.97. The van der Waals surface area contributed by atoms with Crippen LogP contribution in [0.2, 0.25) is 0 Å². The first-order valence-corrected chi connectivity index (χ1v) is 9.32. The van der Waals surface area contributed by atoms with E-state index in [1.807, 2.05) is 13.8 Å². The number of carbonyl (C=O) groups excluding carboxylic acids is 2. The van der Waals surface area contributed by atoms with E-state index in [-0.39, 0.29) is 23.6 Å². The molecule has 0 spiro atoms. The first-order valence-electron chi connectivity index (χ1n) is 9.32. The van der Waals surface area contributed by atoms with Crippen LogP contribution < -0.4 is 15.4 Å². The van der Waals surface area contributed by atoms with E-state index in [1.165, 1.54) is 12.3 Å². The summed E-state index contributed by atoms with van der Waals surface area (Å²) in [6, 6.07) is 10.2. The Bertz CT molecular complexity index is 758. The molecule has 0 saturated heterocycles. The predicted octanol–water partition coefficient (Wildman–Crippen LogP) is 4.04. The quantitative estimate of drug-likeness (QED) is 0.654. The lowest BCUT2D eigenvalue weighted by atomic mass is 10.2. The molecule has 0 saturated carbocycles. The molecule has 0 fully saturated rings. The normalized spacial score (nSPS) is 10.5. The Hall–Kier alpha value is -2.89. The third-order valence-electron chi connectivity index (χ3n) is 3.80. The zero-order chi connectivity index (χ0) is 19.6. The van der Waals surface area contributed by atoms with Gasteiger partial charge in [0.25, 0.3) is 11.8 Å². The van der Waals surface area contributed by atoms with Gasteiger partial charge in [0.2, 0.25) is 0 Å². The van der Waals surface area contributed by atoms with Crippen molar-refractivity contribution in [3.8, 4) is 5.75 Å². The summed E-state index contributed by atoms with van der Waals surface area (Å²) in [5.41, 5.74) is 1.27.